The summed E-state index contributed by atoms with van der Waals surface area (Å²) in [5, 5.41) is 2.81. The predicted octanol–water partition coefficient (Wildman–Crippen LogP) is 3.22. The van der Waals surface area contributed by atoms with Gasteiger partial charge in [0, 0.05) is 36.1 Å². The monoisotopic (exact) mass is 366 g/mol. The summed E-state index contributed by atoms with van der Waals surface area (Å²) in [6.07, 6.45) is 3.83. The molecule has 0 saturated heterocycles. The molecule has 1 saturated carbocycles. The normalized spacial score (nSPS) is 13.7. The molecular formula is C17H23BrN2O2. The first-order valence-electron chi connectivity index (χ1n) is 7.91. The Morgan fingerprint density at radius 2 is 1.95 bits per heavy atom. The van der Waals surface area contributed by atoms with Crippen molar-refractivity contribution in [3.05, 3.63) is 34.3 Å². The first kappa shape index (κ1) is 17.0. The molecule has 22 heavy (non-hydrogen) atoms. The highest BCUT2D eigenvalue weighted by Crippen LogP contribution is 2.29. The lowest BCUT2D eigenvalue weighted by molar-refractivity contribution is -0.131. The third-order valence-corrected chi connectivity index (χ3v) is 4.28. The number of carbonyl (C=O) groups is 2. The van der Waals surface area contributed by atoms with E-state index in [1.165, 1.54) is 12.8 Å². The second kappa shape index (κ2) is 8.32. The molecule has 0 aliphatic heterocycles. The predicted molar refractivity (Wildman–Crippen MR) is 90.7 cm³/mol. The van der Waals surface area contributed by atoms with Crippen LogP contribution in [0.5, 0.6) is 0 Å². The van der Waals surface area contributed by atoms with Crippen molar-refractivity contribution >= 4 is 27.7 Å². The van der Waals surface area contributed by atoms with E-state index in [-0.39, 0.29) is 11.8 Å². The highest BCUT2D eigenvalue weighted by atomic mass is 79.9. The molecule has 5 heteroatoms. The minimum absolute atomic E-state index is 0.135. The van der Waals surface area contributed by atoms with Gasteiger partial charge in [-0.15, -0.1) is 0 Å². The number of carbonyl (C=O) groups excluding carboxylic acids is 2. The van der Waals surface area contributed by atoms with E-state index >= 15 is 0 Å². The fraction of sp³-hybridized carbons (Fsp3) is 0.529. The zero-order valence-corrected chi connectivity index (χ0v) is 14.6. The number of halogens is 1. The second-order valence-corrected chi connectivity index (χ2v) is 6.71. The van der Waals surface area contributed by atoms with Crippen LogP contribution in [0.1, 0.15) is 43.0 Å². The zero-order valence-electron chi connectivity index (χ0n) is 13.0. The van der Waals surface area contributed by atoms with Crippen molar-refractivity contribution in [3.63, 3.8) is 0 Å². The van der Waals surface area contributed by atoms with Gasteiger partial charge in [-0.2, -0.15) is 0 Å². The topological polar surface area (TPSA) is 49.4 Å². The molecule has 1 N–H and O–H groups in total. The maximum Gasteiger partial charge on any atom is 0.251 e. The zero-order chi connectivity index (χ0) is 15.9. The van der Waals surface area contributed by atoms with E-state index in [1.807, 2.05) is 17.0 Å². The Kier molecular flexibility index (Phi) is 6.43. The van der Waals surface area contributed by atoms with Gasteiger partial charge in [0.1, 0.15) is 0 Å². The van der Waals surface area contributed by atoms with Gasteiger partial charge in [-0.25, -0.2) is 0 Å². The number of hydrogen-bond donors (Lipinski definition) is 1. The Balaban J connectivity index is 1.75. The fourth-order valence-electron chi connectivity index (χ4n) is 2.34. The smallest absolute Gasteiger partial charge is 0.251 e. The maximum absolute atomic E-state index is 12.2. The van der Waals surface area contributed by atoms with Gasteiger partial charge in [-0.1, -0.05) is 22.9 Å². The summed E-state index contributed by atoms with van der Waals surface area (Å²) in [5.41, 5.74) is 0.610. The van der Waals surface area contributed by atoms with Gasteiger partial charge in [0.15, 0.2) is 0 Å². The quantitative estimate of drug-likeness (QED) is 0.767. The Hall–Kier alpha value is -1.36. The van der Waals surface area contributed by atoms with Crippen LogP contribution in [-0.4, -0.2) is 36.3 Å². The minimum Gasteiger partial charge on any atom is -0.352 e. The molecule has 1 aliphatic carbocycles. The third-order valence-electron chi connectivity index (χ3n) is 3.75. The van der Waals surface area contributed by atoms with Crippen molar-refractivity contribution in [1.29, 1.82) is 0 Å². The molecule has 1 aliphatic rings. The highest BCUT2D eigenvalue weighted by molar-refractivity contribution is 9.10. The van der Waals surface area contributed by atoms with E-state index < -0.39 is 0 Å². The van der Waals surface area contributed by atoms with Crippen LogP contribution in [-0.2, 0) is 4.79 Å². The molecule has 0 spiro atoms. The second-order valence-electron chi connectivity index (χ2n) is 5.80. The summed E-state index contributed by atoms with van der Waals surface area (Å²) in [6.45, 7) is 4.17. The lowest BCUT2D eigenvalue weighted by Crippen LogP contribution is -2.36. The molecule has 0 atom stereocenters. The summed E-state index contributed by atoms with van der Waals surface area (Å²) in [4.78, 5) is 26.1. The summed E-state index contributed by atoms with van der Waals surface area (Å²) in [5.74, 6) is 0.710. The highest BCUT2D eigenvalue weighted by Gasteiger charge is 2.26. The summed E-state index contributed by atoms with van der Waals surface area (Å²) < 4.78 is 0.939. The number of benzene rings is 1. The van der Waals surface area contributed by atoms with Crippen molar-refractivity contribution in [2.24, 2.45) is 5.92 Å². The first-order valence-corrected chi connectivity index (χ1v) is 8.71. The van der Waals surface area contributed by atoms with E-state index in [0.717, 1.165) is 24.0 Å². The van der Waals surface area contributed by atoms with E-state index in [0.29, 0.717) is 24.4 Å². The van der Waals surface area contributed by atoms with Gasteiger partial charge in [0.05, 0.1) is 0 Å². The molecule has 1 aromatic rings. The first-order chi connectivity index (χ1) is 10.6. The van der Waals surface area contributed by atoms with Crippen LogP contribution < -0.4 is 5.32 Å². The van der Waals surface area contributed by atoms with Crippen molar-refractivity contribution < 1.29 is 9.59 Å². The molecule has 0 radical (unpaired) electrons. The Morgan fingerprint density at radius 1 is 1.27 bits per heavy atom. The summed E-state index contributed by atoms with van der Waals surface area (Å²) >= 11 is 3.34. The van der Waals surface area contributed by atoms with E-state index in [1.54, 1.807) is 12.1 Å². The minimum atomic E-state index is -0.135. The van der Waals surface area contributed by atoms with Gasteiger partial charge in [-0.05, 0) is 49.4 Å². The Labute approximate surface area is 140 Å². The van der Waals surface area contributed by atoms with Crippen LogP contribution in [0.2, 0.25) is 0 Å². The molecule has 0 aromatic heterocycles. The summed E-state index contributed by atoms with van der Waals surface area (Å²) in [7, 11) is 0. The average molecular weight is 367 g/mol. The van der Waals surface area contributed by atoms with Gasteiger partial charge in [0.25, 0.3) is 5.91 Å². The van der Waals surface area contributed by atoms with Crippen molar-refractivity contribution in [2.75, 3.05) is 19.6 Å². The molecule has 120 valence electrons. The van der Waals surface area contributed by atoms with Crippen LogP contribution >= 0.6 is 15.9 Å². The van der Waals surface area contributed by atoms with Gasteiger partial charge in [0.2, 0.25) is 5.91 Å². The lowest BCUT2D eigenvalue weighted by Gasteiger charge is -2.22. The Bertz CT molecular complexity index is 512. The SMILES string of the molecule is CCCN(CC1CC1)C(=O)CCNC(=O)c1ccc(Br)cc1. The number of amides is 2. The lowest BCUT2D eigenvalue weighted by atomic mass is 10.2. The van der Waals surface area contributed by atoms with Crippen LogP contribution in [0.4, 0.5) is 0 Å². The van der Waals surface area contributed by atoms with Crippen molar-refractivity contribution in [2.45, 2.75) is 32.6 Å². The molecule has 4 nitrogen and oxygen atoms in total. The maximum atomic E-state index is 12.2. The molecule has 2 rings (SSSR count). The van der Waals surface area contributed by atoms with Gasteiger partial charge < -0.3 is 10.2 Å². The van der Waals surface area contributed by atoms with Crippen molar-refractivity contribution in [1.82, 2.24) is 10.2 Å². The van der Waals surface area contributed by atoms with E-state index in [9.17, 15) is 9.59 Å². The average Bonchev–Trinajstić information content (AvgIpc) is 3.31. The molecule has 1 fully saturated rings. The number of nitrogens with zero attached hydrogens (tertiary/aromatic N) is 1. The molecule has 0 unspecified atom stereocenters. The van der Waals surface area contributed by atoms with E-state index in [4.69, 9.17) is 0 Å². The van der Waals surface area contributed by atoms with Crippen LogP contribution in [0.15, 0.2) is 28.7 Å². The van der Waals surface area contributed by atoms with Crippen LogP contribution in [0, 0.1) is 5.92 Å². The van der Waals surface area contributed by atoms with E-state index in [2.05, 4.69) is 28.2 Å². The summed E-state index contributed by atoms with van der Waals surface area (Å²) in [6, 6.07) is 7.19. The van der Waals surface area contributed by atoms with Gasteiger partial charge >= 0.3 is 0 Å². The van der Waals surface area contributed by atoms with Crippen LogP contribution in [0.25, 0.3) is 0 Å². The standard InChI is InChI=1S/C17H23BrN2O2/c1-2-11-20(12-13-3-4-13)16(21)9-10-19-17(22)14-5-7-15(18)8-6-14/h5-8,13H,2-4,9-12H2,1H3,(H,19,22). The van der Waals surface area contributed by atoms with Crippen LogP contribution in [0.3, 0.4) is 0 Å². The third kappa shape index (κ3) is 5.44. The molecular weight excluding hydrogens is 344 g/mol. The number of rotatable bonds is 8. The fourth-order valence-corrected chi connectivity index (χ4v) is 2.61. The van der Waals surface area contributed by atoms with Gasteiger partial charge in [-0.3, -0.25) is 9.59 Å². The molecule has 0 bridgehead atoms. The number of hydrogen-bond acceptors (Lipinski definition) is 2. The largest absolute Gasteiger partial charge is 0.352 e. The van der Waals surface area contributed by atoms with Crippen molar-refractivity contribution in [3.8, 4) is 0 Å². The molecule has 0 heterocycles. The Morgan fingerprint density at radius 3 is 2.55 bits per heavy atom. The number of nitrogens with one attached hydrogen (secondary N) is 1. The molecule has 2 amide bonds. The molecule has 1 aromatic carbocycles.